The van der Waals surface area contributed by atoms with E-state index in [1.165, 1.54) is 6.92 Å². The smallest absolute Gasteiger partial charge is 0.333 e. The molecule has 0 amide bonds. The van der Waals surface area contributed by atoms with Crippen LogP contribution in [0.5, 0.6) is 5.75 Å². The first-order valence-corrected chi connectivity index (χ1v) is 7.63. The van der Waals surface area contributed by atoms with Crippen molar-refractivity contribution in [1.82, 2.24) is 0 Å². The van der Waals surface area contributed by atoms with Crippen molar-refractivity contribution in [1.29, 1.82) is 0 Å². The Kier molecular flexibility index (Phi) is 7.73. The van der Waals surface area contributed by atoms with Crippen molar-refractivity contribution in [2.45, 2.75) is 24.1 Å². The molecule has 2 atom stereocenters. The Morgan fingerprint density at radius 3 is 2.50 bits per heavy atom. The Hall–Kier alpha value is -1.23. The second-order valence-electron chi connectivity index (χ2n) is 4.53. The number of halogens is 3. The Balaban J connectivity index is 2.45. The van der Waals surface area contributed by atoms with Crippen LogP contribution in [0, 0.1) is 0 Å². The number of carbonyl (C=O) groups is 2. The van der Waals surface area contributed by atoms with Crippen LogP contribution >= 0.6 is 34.8 Å². The maximum atomic E-state index is 11.9. The average molecular weight is 366 g/mol. The summed E-state index contributed by atoms with van der Waals surface area (Å²) in [5.41, 5.74) is 0.268. The summed E-state index contributed by atoms with van der Waals surface area (Å²) < 4.78 is 9.97. The number of ether oxygens (including phenoxy) is 2. The quantitative estimate of drug-likeness (QED) is 0.317. The van der Waals surface area contributed by atoms with Crippen LogP contribution in [-0.4, -0.2) is 29.3 Å². The van der Waals surface area contributed by atoms with Crippen molar-refractivity contribution in [2.24, 2.45) is 0 Å². The molecule has 22 heavy (non-hydrogen) atoms. The van der Waals surface area contributed by atoms with E-state index in [4.69, 9.17) is 44.3 Å². The van der Waals surface area contributed by atoms with Crippen LogP contribution in [0.1, 0.15) is 13.3 Å². The summed E-state index contributed by atoms with van der Waals surface area (Å²) in [7, 11) is 0. The molecule has 1 rings (SSSR count). The highest BCUT2D eigenvalue weighted by molar-refractivity contribution is 6.33. The fourth-order valence-electron chi connectivity index (χ4n) is 1.38. The van der Waals surface area contributed by atoms with E-state index in [-0.39, 0.29) is 24.4 Å². The van der Waals surface area contributed by atoms with Crippen LogP contribution in [0.2, 0.25) is 5.02 Å². The second kappa shape index (κ2) is 9.03. The maximum absolute atomic E-state index is 11.9. The molecule has 0 bridgehead atoms. The Morgan fingerprint density at radius 1 is 1.27 bits per heavy atom. The Morgan fingerprint density at radius 2 is 1.91 bits per heavy atom. The number of carbonyl (C=O) groups excluding carboxylic acids is 2. The zero-order valence-corrected chi connectivity index (χ0v) is 14.1. The lowest BCUT2D eigenvalue weighted by Crippen LogP contribution is -2.26. The van der Waals surface area contributed by atoms with Gasteiger partial charge in [-0.1, -0.05) is 30.3 Å². The van der Waals surface area contributed by atoms with Crippen LogP contribution in [-0.2, 0) is 14.3 Å². The molecule has 1 aromatic rings. The van der Waals surface area contributed by atoms with Gasteiger partial charge in [0.05, 0.1) is 10.4 Å². The lowest BCUT2D eigenvalue weighted by Gasteiger charge is -2.14. The number of hydrogen-bond acceptors (Lipinski definition) is 4. The molecule has 0 spiro atoms. The minimum Gasteiger partial charge on any atom is -0.461 e. The molecule has 4 nitrogen and oxygen atoms in total. The number of benzene rings is 1. The number of rotatable bonds is 7. The number of hydrogen-bond donors (Lipinski definition) is 0. The van der Waals surface area contributed by atoms with Crippen molar-refractivity contribution in [3.05, 3.63) is 41.4 Å². The summed E-state index contributed by atoms with van der Waals surface area (Å²) in [5.74, 6) is -0.998. The van der Waals surface area contributed by atoms with Gasteiger partial charge in [0.25, 0.3) is 0 Å². The van der Waals surface area contributed by atoms with Gasteiger partial charge < -0.3 is 9.47 Å². The third-order valence-corrected chi connectivity index (χ3v) is 3.48. The molecule has 0 aliphatic carbocycles. The number of esters is 2. The van der Waals surface area contributed by atoms with Crippen molar-refractivity contribution in [2.75, 3.05) is 6.61 Å². The largest absolute Gasteiger partial charge is 0.461 e. The predicted octanol–water partition coefficient (Wildman–Crippen LogP) is 3.97. The summed E-state index contributed by atoms with van der Waals surface area (Å²) in [5, 5.41) is -1.30. The zero-order chi connectivity index (χ0) is 16.7. The van der Waals surface area contributed by atoms with Gasteiger partial charge in [-0.25, -0.2) is 4.79 Å². The van der Waals surface area contributed by atoms with Gasteiger partial charge in [-0.15, -0.1) is 23.2 Å². The van der Waals surface area contributed by atoms with Crippen molar-refractivity contribution >= 4 is 46.7 Å². The highest BCUT2D eigenvalue weighted by atomic mass is 35.5. The molecule has 7 heteroatoms. The van der Waals surface area contributed by atoms with Gasteiger partial charge in [0.1, 0.15) is 17.7 Å². The highest BCUT2D eigenvalue weighted by Crippen LogP contribution is 2.24. The van der Waals surface area contributed by atoms with E-state index in [0.717, 1.165) is 0 Å². The SMILES string of the molecule is C=C(C)C(=O)OCC(Cl)CC(Cl)C(=O)Oc1ccccc1Cl. The first kappa shape index (κ1) is 18.8. The normalized spacial score (nSPS) is 13.1. The Bertz CT molecular complexity index is 559. The second-order valence-corrected chi connectivity index (χ2v) is 6.08. The van der Waals surface area contributed by atoms with E-state index in [1.807, 2.05) is 0 Å². The van der Waals surface area contributed by atoms with Crippen LogP contribution in [0.3, 0.4) is 0 Å². The molecule has 0 aliphatic rings. The van der Waals surface area contributed by atoms with E-state index in [2.05, 4.69) is 6.58 Å². The summed E-state index contributed by atoms with van der Waals surface area (Å²) in [6, 6.07) is 6.53. The van der Waals surface area contributed by atoms with E-state index in [9.17, 15) is 9.59 Å². The zero-order valence-electron chi connectivity index (χ0n) is 11.9. The van der Waals surface area contributed by atoms with E-state index in [0.29, 0.717) is 5.02 Å². The average Bonchev–Trinajstić information content (AvgIpc) is 2.46. The number of para-hydroxylation sites is 1. The summed E-state index contributed by atoms with van der Waals surface area (Å²) in [6.07, 6.45) is 0.0792. The van der Waals surface area contributed by atoms with Gasteiger partial charge in [-0.3, -0.25) is 4.79 Å². The minimum atomic E-state index is -0.984. The molecule has 0 saturated heterocycles. The van der Waals surface area contributed by atoms with Gasteiger partial charge >= 0.3 is 11.9 Å². The van der Waals surface area contributed by atoms with Crippen molar-refractivity contribution in [3.8, 4) is 5.75 Å². The topological polar surface area (TPSA) is 52.6 Å². The molecule has 0 aromatic heterocycles. The fourth-order valence-corrected chi connectivity index (χ4v) is 2.14. The first-order valence-electron chi connectivity index (χ1n) is 6.38. The molecular weight excluding hydrogens is 351 g/mol. The molecule has 0 saturated carbocycles. The Labute approximate surface area is 143 Å². The van der Waals surface area contributed by atoms with Crippen LogP contribution in [0.4, 0.5) is 0 Å². The third-order valence-electron chi connectivity index (χ3n) is 2.51. The third kappa shape index (κ3) is 6.26. The van der Waals surface area contributed by atoms with Crippen LogP contribution < -0.4 is 4.74 Å². The molecule has 0 radical (unpaired) electrons. The lowest BCUT2D eigenvalue weighted by molar-refractivity contribution is -0.138. The molecule has 0 fully saturated rings. The first-order chi connectivity index (χ1) is 10.3. The molecule has 0 aliphatic heterocycles. The van der Waals surface area contributed by atoms with E-state index < -0.39 is 22.7 Å². The molecule has 1 aromatic carbocycles. The van der Waals surface area contributed by atoms with E-state index in [1.54, 1.807) is 24.3 Å². The van der Waals surface area contributed by atoms with Gasteiger partial charge in [0.2, 0.25) is 0 Å². The van der Waals surface area contributed by atoms with Crippen molar-refractivity contribution in [3.63, 3.8) is 0 Å². The van der Waals surface area contributed by atoms with Crippen molar-refractivity contribution < 1.29 is 19.1 Å². The maximum Gasteiger partial charge on any atom is 0.333 e. The molecular formula is C15H15Cl3O4. The monoisotopic (exact) mass is 364 g/mol. The number of alkyl halides is 2. The van der Waals surface area contributed by atoms with E-state index >= 15 is 0 Å². The lowest BCUT2D eigenvalue weighted by atomic mass is 10.2. The minimum absolute atomic E-state index is 0.0736. The summed E-state index contributed by atoms with van der Waals surface area (Å²) in [4.78, 5) is 23.1. The van der Waals surface area contributed by atoms with Gasteiger partial charge in [-0.05, 0) is 25.5 Å². The van der Waals surface area contributed by atoms with Crippen LogP contribution in [0.15, 0.2) is 36.4 Å². The standard InChI is InChI=1S/C15H15Cl3O4/c1-9(2)14(19)21-8-10(16)7-12(18)15(20)22-13-6-4-3-5-11(13)17/h3-6,10,12H,1,7-8H2,2H3. The predicted molar refractivity (Wildman–Crippen MR) is 86.8 cm³/mol. The van der Waals surface area contributed by atoms with Gasteiger partial charge in [0, 0.05) is 5.57 Å². The summed E-state index contributed by atoms with van der Waals surface area (Å²) >= 11 is 17.8. The fraction of sp³-hybridized carbons (Fsp3) is 0.333. The molecule has 120 valence electrons. The highest BCUT2D eigenvalue weighted by Gasteiger charge is 2.23. The van der Waals surface area contributed by atoms with Gasteiger partial charge in [-0.2, -0.15) is 0 Å². The van der Waals surface area contributed by atoms with Crippen LogP contribution in [0.25, 0.3) is 0 Å². The molecule has 0 N–H and O–H groups in total. The van der Waals surface area contributed by atoms with Gasteiger partial charge in [0.15, 0.2) is 0 Å². The molecule has 2 unspecified atom stereocenters. The summed E-state index contributed by atoms with van der Waals surface area (Å²) in [6.45, 7) is 4.90. The molecule has 0 heterocycles.